The van der Waals surface area contributed by atoms with Gasteiger partial charge in [-0.25, -0.2) is 4.98 Å². The van der Waals surface area contributed by atoms with Crippen LogP contribution in [0.4, 0.5) is 5.82 Å². The summed E-state index contributed by atoms with van der Waals surface area (Å²) in [5, 5.41) is 0. The zero-order valence-electron chi connectivity index (χ0n) is 11.5. The minimum atomic E-state index is 0.505. The Labute approximate surface area is 124 Å². The lowest BCUT2D eigenvalue weighted by Crippen LogP contribution is -2.26. The molecule has 1 aliphatic heterocycles. The molecule has 0 N–H and O–H groups in total. The molecule has 1 aromatic carbocycles. The molecule has 1 aromatic heterocycles. The summed E-state index contributed by atoms with van der Waals surface area (Å²) in [6.45, 7) is 4.34. The lowest BCUT2D eigenvalue weighted by molar-refractivity contribution is 0.331. The molecule has 0 saturated heterocycles. The van der Waals surface area contributed by atoms with Crippen LogP contribution in [0.5, 0.6) is 5.75 Å². The first-order valence-electron chi connectivity index (χ1n) is 6.76. The highest BCUT2D eigenvalue weighted by molar-refractivity contribution is 6.17. The third kappa shape index (κ3) is 2.59. The number of pyridine rings is 1. The van der Waals surface area contributed by atoms with Crippen molar-refractivity contribution in [1.82, 2.24) is 4.98 Å². The van der Waals surface area contributed by atoms with Gasteiger partial charge < -0.3 is 9.64 Å². The van der Waals surface area contributed by atoms with E-state index in [1.54, 1.807) is 0 Å². The molecule has 2 aromatic rings. The first-order chi connectivity index (χ1) is 9.78. The van der Waals surface area contributed by atoms with Crippen molar-refractivity contribution in [3.05, 3.63) is 53.2 Å². The second kappa shape index (κ2) is 5.71. The lowest BCUT2D eigenvalue weighted by Gasteiger charge is -2.21. The van der Waals surface area contributed by atoms with Gasteiger partial charge in [-0.05, 0) is 24.6 Å². The van der Waals surface area contributed by atoms with Crippen LogP contribution in [0.3, 0.4) is 0 Å². The number of hydrogen-bond donors (Lipinski definition) is 0. The first-order valence-corrected chi connectivity index (χ1v) is 7.29. The topological polar surface area (TPSA) is 25.4 Å². The normalized spacial score (nSPS) is 14.4. The fourth-order valence-electron chi connectivity index (χ4n) is 2.42. The standard InChI is InChI=1S/C16H17ClN2O/c1-12-13(10-17)6-7-16(18-12)19-8-9-20-15-5-3-2-4-14(15)11-19/h2-7H,8-11H2,1H3. The minimum absolute atomic E-state index is 0.505. The third-order valence-electron chi connectivity index (χ3n) is 3.60. The fraction of sp³-hybridized carbons (Fsp3) is 0.312. The van der Waals surface area contributed by atoms with Gasteiger partial charge in [-0.1, -0.05) is 24.3 Å². The number of fused-ring (bicyclic) bond motifs is 1. The van der Waals surface area contributed by atoms with Crippen LogP contribution in [0, 0.1) is 6.92 Å². The number of nitrogens with zero attached hydrogens (tertiary/aromatic N) is 2. The van der Waals surface area contributed by atoms with Gasteiger partial charge in [-0.15, -0.1) is 11.6 Å². The predicted octanol–water partition coefficient (Wildman–Crippen LogP) is 3.53. The van der Waals surface area contributed by atoms with E-state index in [0.29, 0.717) is 12.5 Å². The van der Waals surface area contributed by atoms with Crippen molar-refractivity contribution in [2.45, 2.75) is 19.3 Å². The Morgan fingerprint density at radius 2 is 2.10 bits per heavy atom. The van der Waals surface area contributed by atoms with Gasteiger partial charge in [0.2, 0.25) is 0 Å². The lowest BCUT2D eigenvalue weighted by atomic mass is 10.2. The third-order valence-corrected chi connectivity index (χ3v) is 3.89. The summed E-state index contributed by atoms with van der Waals surface area (Å²) < 4.78 is 5.78. The molecule has 1 aliphatic rings. The predicted molar refractivity (Wildman–Crippen MR) is 81.5 cm³/mol. The number of hydrogen-bond acceptors (Lipinski definition) is 3. The van der Waals surface area contributed by atoms with Gasteiger partial charge in [0, 0.05) is 23.7 Å². The van der Waals surface area contributed by atoms with Gasteiger partial charge in [-0.3, -0.25) is 0 Å². The maximum atomic E-state index is 5.89. The van der Waals surface area contributed by atoms with E-state index in [4.69, 9.17) is 16.3 Å². The number of aryl methyl sites for hydroxylation is 1. The summed E-state index contributed by atoms with van der Waals surface area (Å²) >= 11 is 5.89. The average molecular weight is 289 g/mol. The van der Waals surface area contributed by atoms with E-state index >= 15 is 0 Å². The summed E-state index contributed by atoms with van der Waals surface area (Å²) in [4.78, 5) is 6.92. The Balaban J connectivity index is 1.89. The smallest absolute Gasteiger partial charge is 0.129 e. The molecule has 0 bridgehead atoms. The molecule has 4 heteroatoms. The Hall–Kier alpha value is -1.74. The van der Waals surface area contributed by atoms with Crippen LogP contribution in [-0.4, -0.2) is 18.1 Å². The van der Waals surface area contributed by atoms with E-state index in [9.17, 15) is 0 Å². The second-order valence-electron chi connectivity index (χ2n) is 4.93. The maximum Gasteiger partial charge on any atom is 0.129 e. The number of anilines is 1. The largest absolute Gasteiger partial charge is 0.491 e. The molecule has 0 amide bonds. The maximum absolute atomic E-state index is 5.89. The SMILES string of the molecule is Cc1nc(N2CCOc3ccccc3C2)ccc1CCl. The van der Waals surface area contributed by atoms with Crippen LogP contribution in [0.1, 0.15) is 16.8 Å². The van der Waals surface area contributed by atoms with E-state index in [-0.39, 0.29) is 0 Å². The van der Waals surface area contributed by atoms with Crippen molar-refractivity contribution >= 4 is 17.4 Å². The van der Waals surface area contributed by atoms with Gasteiger partial charge in [-0.2, -0.15) is 0 Å². The summed E-state index contributed by atoms with van der Waals surface area (Å²) in [6, 6.07) is 12.3. The molecule has 0 unspecified atom stereocenters. The number of benzene rings is 1. The number of ether oxygens (including phenoxy) is 1. The van der Waals surface area contributed by atoms with Crippen LogP contribution >= 0.6 is 11.6 Å². The van der Waals surface area contributed by atoms with E-state index in [1.165, 1.54) is 5.56 Å². The van der Waals surface area contributed by atoms with Crippen molar-refractivity contribution in [2.75, 3.05) is 18.1 Å². The summed E-state index contributed by atoms with van der Waals surface area (Å²) in [7, 11) is 0. The highest BCUT2D eigenvalue weighted by Gasteiger charge is 2.16. The first kappa shape index (κ1) is 13.3. The van der Waals surface area contributed by atoms with Crippen molar-refractivity contribution in [3.8, 4) is 5.75 Å². The monoisotopic (exact) mass is 288 g/mol. The van der Waals surface area contributed by atoms with Gasteiger partial charge in [0.25, 0.3) is 0 Å². The highest BCUT2D eigenvalue weighted by Crippen LogP contribution is 2.25. The second-order valence-corrected chi connectivity index (χ2v) is 5.19. The number of rotatable bonds is 2. The van der Waals surface area contributed by atoms with Crippen molar-refractivity contribution in [1.29, 1.82) is 0 Å². The summed E-state index contributed by atoms with van der Waals surface area (Å²) in [5.41, 5.74) is 3.28. The number of halogens is 1. The molecule has 0 fully saturated rings. The molecule has 20 heavy (non-hydrogen) atoms. The number of para-hydroxylation sites is 1. The Bertz CT molecular complexity index is 615. The van der Waals surface area contributed by atoms with Gasteiger partial charge in [0.1, 0.15) is 18.2 Å². The van der Waals surface area contributed by atoms with Crippen molar-refractivity contribution in [3.63, 3.8) is 0 Å². The number of alkyl halides is 1. The van der Waals surface area contributed by atoms with Crippen molar-refractivity contribution in [2.24, 2.45) is 0 Å². The zero-order chi connectivity index (χ0) is 13.9. The molecular weight excluding hydrogens is 272 g/mol. The summed E-state index contributed by atoms with van der Waals surface area (Å²) in [5.74, 6) is 2.46. The molecule has 3 nitrogen and oxygen atoms in total. The molecule has 0 saturated carbocycles. The van der Waals surface area contributed by atoms with E-state index in [2.05, 4.69) is 22.0 Å². The fourth-order valence-corrected chi connectivity index (χ4v) is 2.70. The van der Waals surface area contributed by atoms with Crippen LogP contribution in [0.15, 0.2) is 36.4 Å². The van der Waals surface area contributed by atoms with E-state index in [1.807, 2.05) is 31.2 Å². The quantitative estimate of drug-likeness (QED) is 0.791. The molecule has 3 rings (SSSR count). The average Bonchev–Trinajstić information content (AvgIpc) is 2.69. The van der Waals surface area contributed by atoms with Gasteiger partial charge in [0.15, 0.2) is 0 Å². The molecule has 2 heterocycles. The summed E-state index contributed by atoms with van der Waals surface area (Å²) in [6.07, 6.45) is 0. The van der Waals surface area contributed by atoms with Crippen LogP contribution in [0.25, 0.3) is 0 Å². The van der Waals surface area contributed by atoms with Gasteiger partial charge >= 0.3 is 0 Å². The van der Waals surface area contributed by atoms with E-state index < -0.39 is 0 Å². The Morgan fingerprint density at radius 1 is 1.25 bits per heavy atom. The van der Waals surface area contributed by atoms with Crippen LogP contribution < -0.4 is 9.64 Å². The Kier molecular flexibility index (Phi) is 3.79. The van der Waals surface area contributed by atoms with E-state index in [0.717, 1.165) is 35.9 Å². The molecule has 104 valence electrons. The number of aromatic nitrogens is 1. The molecule has 0 atom stereocenters. The minimum Gasteiger partial charge on any atom is -0.491 e. The van der Waals surface area contributed by atoms with Gasteiger partial charge in [0.05, 0.1) is 6.54 Å². The molecule has 0 aliphatic carbocycles. The molecule has 0 spiro atoms. The highest BCUT2D eigenvalue weighted by atomic mass is 35.5. The molecular formula is C16H17ClN2O. The molecule has 0 radical (unpaired) electrons. The van der Waals surface area contributed by atoms with Crippen molar-refractivity contribution < 1.29 is 4.74 Å². The Morgan fingerprint density at radius 3 is 2.90 bits per heavy atom. The zero-order valence-corrected chi connectivity index (χ0v) is 12.2. The van der Waals surface area contributed by atoms with Crippen LogP contribution in [-0.2, 0) is 12.4 Å². The van der Waals surface area contributed by atoms with Crippen LogP contribution in [0.2, 0.25) is 0 Å².